The zero-order chi connectivity index (χ0) is 29.2. The smallest absolute Gasteiger partial charge is 0.335 e. The number of carboxylic acids is 1. The van der Waals surface area contributed by atoms with Gasteiger partial charge >= 0.3 is 12.0 Å². The number of carbonyl (C=O) groups is 4. The third-order valence-corrected chi connectivity index (χ3v) is 6.40. The molecule has 9 nitrogen and oxygen atoms in total. The van der Waals surface area contributed by atoms with Crippen LogP contribution < -0.4 is 21.3 Å². The monoisotopic (exact) mass is 550 g/mol. The lowest BCUT2D eigenvalue weighted by Gasteiger charge is -2.17. The standard InChI is InChI=1S/C32H30N4O5/c1-21-7-5-6-10-28(21)36-32(41)35-26-15-11-22(12-16-26)20-33-29(37)19-27(23-8-3-2-4-9-23)30(38)34-25-17-13-24(14-18-25)31(39)40/h2-18,27H,19-20H2,1H3,(H,33,37)(H,34,38)(H,39,40)(H2,35,36,41). The average molecular weight is 551 g/mol. The van der Waals surface area contributed by atoms with Crippen LogP contribution in [0.4, 0.5) is 21.9 Å². The predicted octanol–water partition coefficient (Wildman–Crippen LogP) is 5.77. The molecule has 41 heavy (non-hydrogen) atoms. The third-order valence-electron chi connectivity index (χ3n) is 6.40. The predicted molar refractivity (Wildman–Crippen MR) is 158 cm³/mol. The van der Waals surface area contributed by atoms with Gasteiger partial charge in [0.15, 0.2) is 0 Å². The lowest BCUT2D eigenvalue weighted by atomic mass is 9.94. The van der Waals surface area contributed by atoms with Crippen molar-refractivity contribution >= 4 is 40.9 Å². The van der Waals surface area contributed by atoms with Crippen LogP contribution in [0.5, 0.6) is 0 Å². The Labute approximate surface area is 237 Å². The molecule has 1 atom stereocenters. The Morgan fingerprint density at radius 1 is 0.707 bits per heavy atom. The summed E-state index contributed by atoms with van der Waals surface area (Å²) in [4.78, 5) is 49.4. The van der Waals surface area contributed by atoms with Gasteiger partial charge in [0.1, 0.15) is 0 Å². The van der Waals surface area contributed by atoms with Crippen LogP contribution in [-0.2, 0) is 16.1 Å². The van der Waals surface area contributed by atoms with E-state index in [1.54, 1.807) is 48.5 Å². The molecule has 4 aromatic rings. The average Bonchev–Trinajstić information content (AvgIpc) is 2.97. The van der Waals surface area contributed by atoms with Gasteiger partial charge in [-0.05, 0) is 66.1 Å². The number of aryl methyl sites for hydroxylation is 1. The molecule has 0 aliphatic heterocycles. The van der Waals surface area contributed by atoms with Gasteiger partial charge in [0.05, 0.1) is 11.5 Å². The van der Waals surface area contributed by atoms with E-state index in [4.69, 9.17) is 5.11 Å². The highest BCUT2D eigenvalue weighted by Gasteiger charge is 2.24. The van der Waals surface area contributed by atoms with Crippen molar-refractivity contribution in [2.24, 2.45) is 0 Å². The molecule has 0 aromatic heterocycles. The molecule has 0 fully saturated rings. The van der Waals surface area contributed by atoms with Gasteiger partial charge in [-0.15, -0.1) is 0 Å². The number of amides is 4. The van der Waals surface area contributed by atoms with E-state index in [1.165, 1.54) is 24.3 Å². The first kappa shape index (κ1) is 28.6. The molecule has 0 saturated carbocycles. The minimum absolute atomic E-state index is 0.0816. The Kier molecular flexibility index (Phi) is 9.45. The van der Waals surface area contributed by atoms with Gasteiger partial charge in [0.25, 0.3) is 0 Å². The van der Waals surface area contributed by atoms with E-state index in [9.17, 15) is 19.2 Å². The van der Waals surface area contributed by atoms with E-state index in [-0.39, 0.29) is 36.4 Å². The van der Waals surface area contributed by atoms with Gasteiger partial charge in [0.2, 0.25) is 11.8 Å². The summed E-state index contributed by atoms with van der Waals surface area (Å²) in [6.07, 6.45) is -0.0816. The van der Waals surface area contributed by atoms with Gasteiger partial charge in [0, 0.05) is 30.0 Å². The van der Waals surface area contributed by atoms with Crippen LogP contribution in [0, 0.1) is 6.92 Å². The Morgan fingerprint density at radius 2 is 1.32 bits per heavy atom. The van der Waals surface area contributed by atoms with Gasteiger partial charge < -0.3 is 26.4 Å². The highest BCUT2D eigenvalue weighted by atomic mass is 16.4. The number of nitrogens with one attached hydrogen (secondary N) is 4. The molecule has 4 aromatic carbocycles. The van der Waals surface area contributed by atoms with Crippen molar-refractivity contribution in [2.45, 2.75) is 25.8 Å². The third kappa shape index (κ3) is 8.27. The van der Waals surface area contributed by atoms with Crippen molar-refractivity contribution in [1.29, 1.82) is 0 Å². The highest BCUT2D eigenvalue weighted by Crippen LogP contribution is 2.23. The number of carbonyl (C=O) groups excluding carboxylic acids is 3. The van der Waals surface area contributed by atoms with Crippen LogP contribution >= 0.6 is 0 Å². The Balaban J connectivity index is 1.32. The number of hydrogen-bond acceptors (Lipinski definition) is 4. The van der Waals surface area contributed by atoms with Crippen LogP contribution in [0.3, 0.4) is 0 Å². The second kappa shape index (κ2) is 13.6. The first-order chi connectivity index (χ1) is 19.8. The summed E-state index contributed by atoms with van der Waals surface area (Å²) in [7, 11) is 0. The summed E-state index contributed by atoms with van der Waals surface area (Å²) in [6.45, 7) is 2.16. The molecule has 9 heteroatoms. The van der Waals surface area contributed by atoms with Crippen LogP contribution in [0.15, 0.2) is 103 Å². The molecule has 5 N–H and O–H groups in total. The van der Waals surface area contributed by atoms with Crippen molar-refractivity contribution in [3.63, 3.8) is 0 Å². The molecule has 0 aliphatic rings. The molecule has 208 valence electrons. The molecule has 0 spiro atoms. The summed E-state index contributed by atoms with van der Waals surface area (Å²) in [6, 6.07) is 29.0. The number of para-hydroxylation sites is 1. The molecule has 0 radical (unpaired) electrons. The Morgan fingerprint density at radius 3 is 1.98 bits per heavy atom. The molecule has 1 unspecified atom stereocenters. The topological polar surface area (TPSA) is 137 Å². The van der Waals surface area contributed by atoms with E-state index in [0.717, 1.165) is 16.8 Å². The molecule has 4 amide bonds. The minimum Gasteiger partial charge on any atom is -0.478 e. The van der Waals surface area contributed by atoms with Crippen molar-refractivity contribution in [3.05, 3.63) is 125 Å². The number of aromatic carboxylic acids is 1. The second-order valence-electron chi connectivity index (χ2n) is 9.41. The number of urea groups is 1. The molecule has 0 bridgehead atoms. The quantitative estimate of drug-likeness (QED) is 0.171. The van der Waals surface area contributed by atoms with Crippen molar-refractivity contribution < 1.29 is 24.3 Å². The molecular formula is C32H30N4O5. The lowest BCUT2D eigenvalue weighted by Crippen LogP contribution is -2.29. The normalized spacial score (nSPS) is 11.1. The lowest BCUT2D eigenvalue weighted by molar-refractivity contribution is -0.125. The summed E-state index contributed by atoms with van der Waals surface area (Å²) in [5.74, 6) is -2.51. The van der Waals surface area contributed by atoms with E-state index < -0.39 is 11.9 Å². The second-order valence-corrected chi connectivity index (χ2v) is 9.41. The molecule has 0 heterocycles. The fraction of sp³-hybridized carbons (Fsp3) is 0.125. The molecule has 0 aliphatic carbocycles. The minimum atomic E-state index is -1.06. The van der Waals surface area contributed by atoms with Gasteiger partial charge in [-0.1, -0.05) is 60.7 Å². The highest BCUT2D eigenvalue weighted by molar-refractivity contribution is 6.00. The van der Waals surface area contributed by atoms with Crippen LogP contribution in [-0.4, -0.2) is 28.9 Å². The van der Waals surface area contributed by atoms with Gasteiger partial charge in [-0.2, -0.15) is 0 Å². The zero-order valence-corrected chi connectivity index (χ0v) is 22.4. The fourth-order valence-corrected chi connectivity index (χ4v) is 4.13. The molecule has 4 rings (SSSR count). The summed E-state index contributed by atoms with van der Waals surface area (Å²) in [5.41, 5.74) is 4.32. The van der Waals surface area contributed by atoms with Crippen LogP contribution in [0.2, 0.25) is 0 Å². The van der Waals surface area contributed by atoms with Gasteiger partial charge in [-0.3, -0.25) is 9.59 Å². The first-order valence-corrected chi connectivity index (χ1v) is 13.0. The van der Waals surface area contributed by atoms with Crippen molar-refractivity contribution in [1.82, 2.24) is 5.32 Å². The van der Waals surface area contributed by atoms with Crippen LogP contribution in [0.25, 0.3) is 0 Å². The maximum atomic E-state index is 13.2. The molecular weight excluding hydrogens is 520 g/mol. The summed E-state index contributed by atoms with van der Waals surface area (Å²) < 4.78 is 0. The number of benzene rings is 4. The van der Waals surface area contributed by atoms with Crippen molar-refractivity contribution in [2.75, 3.05) is 16.0 Å². The number of anilines is 3. The summed E-state index contributed by atoms with van der Waals surface area (Å²) >= 11 is 0. The number of hydrogen-bond donors (Lipinski definition) is 5. The van der Waals surface area contributed by atoms with E-state index >= 15 is 0 Å². The van der Waals surface area contributed by atoms with E-state index in [1.807, 2.05) is 37.3 Å². The fourth-order valence-electron chi connectivity index (χ4n) is 4.13. The SMILES string of the molecule is Cc1ccccc1NC(=O)Nc1ccc(CNC(=O)CC(C(=O)Nc2ccc(C(=O)O)cc2)c2ccccc2)cc1. The largest absolute Gasteiger partial charge is 0.478 e. The summed E-state index contributed by atoms with van der Waals surface area (Å²) in [5, 5.41) is 20.3. The van der Waals surface area contributed by atoms with Gasteiger partial charge in [-0.25, -0.2) is 9.59 Å². The van der Waals surface area contributed by atoms with Crippen molar-refractivity contribution in [3.8, 4) is 0 Å². The Bertz CT molecular complexity index is 1520. The van der Waals surface area contributed by atoms with Crippen LogP contribution in [0.1, 0.15) is 39.4 Å². The number of carboxylic acid groups (broad SMARTS) is 1. The zero-order valence-electron chi connectivity index (χ0n) is 22.4. The number of rotatable bonds is 10. The Hall–Kier alpha value is -5.44. The maximum absolute atomic E-state index is 13.2. The van der Waals surface area contributed by atoms with E-state index in [0.29, 0.717) is 16.9 Å². The van der Waals surface area contributed by atoms with E-state index in [2.05, 4.69) is 21.3 Å². The first-order valence-electron chi connectivity index (χ1n) is 13.0. The maximum Gasteiger partial charge on any atom is 0.335 e. The molecule has 0 saturated heterocycles.